The number of rotatable bonds is 2. The summed E-state index contributed by atoms with van der Waals surface area (Å²) in [5.74, 6) is -6.50. The summed E-state index contributed by atoms with van der Waals surface area (Å²) in [6, 6.07) is 0.873. The van der Waals surface area contributed by atoms with E-state index in [1.807, 2.05) is 0 Å². The van der Waals surface area contributed by atoms with Crippen LogP contribution in [0.3, 0.4) is 0 Å². The lowest BCUT2D eigenvalue weighted by Crippen LogP contribution is -2.17. The van der Waals surface area contributed by atoms with Crippen molar-refractivity contribution in [3.8, 4) is 0 Å². The molecule has 0 spiro atoms. The average molecular weight is 216 g/mol. The Hall–Kier alpha value is -1.11. The Balaban J connectivity index is 3.00. The van der Waals surface area contributed by atoms with Gasteiger partial charge in [0, 0.05) is 0 Å². The molecule has 1 aromatic heterocycles. The van der Waals surface area contributed by atoms with Crippen molar-refractivity contribution >= 4 is 0 Å². The molecule has 0 aliphatic carbocycles. The second kappa shape index (κ2) is 3.23. The molecule has 1 heterocycles. The van der Waals surface area contributed by atoms with Crippen LogP contribution in [0.25, 0.3) is 0 Å². The first-order valence-electron chi connectivity index (χ1n) is 3.43. The van der Waals surface area contributed by atoms with Crippen LogP contribution in [0, 0.1) is 0 Å². The highest BCUT2D eigenvalue weighted by Crippen LogP contribution is 2.35. The third-order valence-corrected chi connectivity index (χ3v) is 1.44. The fourth-order valence-electron chi connectivity index (χ4n) is 0.765. The van der Waals surface area contributed by atoms with Crippen LogP contribution in [-0.2, 0) is 12.1 Å². The van der Waals surface area contributed by atoms with Gasteiger partial charge < -0.3 is 9.52 Å². The minimum atomic E-state index is -4.80. The quantitative estimate of drug-likeness (QED) is 0.770. The molecule has 1 rings (SSSR count). The molecule has 0 fully saturated rings. The van der Waals surface area contributed by atoms with Crippen molar-refractivity contribution < 1.29 is 31.5 Å². The smallest absolute Gasteiger partial charge is 0.449 e. The number of furan rings is 1. The van der Waals surface area contributed by atoms with E-state index < -0.39 is 30.2 Å². The number of hydrogen-bond acceptors (Lipinski definition) is 2. The Labute approximate surface area is 74.9 Å². The highest BCUT2D eigenvalue weighted by molar-refractivity contribution is 5.13. The van der Waals surface area contributed by atoms with Crippen molar-refractivity contribution in [3.63, 3.8) is 0 Å². The van der Waals surface area contributed by atoms with Crippen LogP contribution in [0.5, 0.6) is 0 Å². The molecular formula is C7H5F5O2. The SMILES string of the molecule is OCC(F)(F)c1ccc(C(F)(F)F)o1. The number of alkyl halides is 5. The van der Waals surface area contributed by atoms with Crippen LogP contribution in [0.2, 0.25) is 0 Å². The van der Waals surface area contributed by atoms with E-state index >= 15 is 0 Å². The first-order valence-corrected chi connectivity index (χ1v) is 3.43. The minimum absolute atomic E-state index is 0.388. The van der Waals surface area contributed by atoms with Gasteiger partial charge in [-0.2, -0.15) is 22.0 Å². The van der Waals surface area contributed by atoms with Crippen molar-refractivity contribution in [1.29, 1.82) is 0 Å². The van der Waals surface area contributed by atoms with Crippen LogP contribution >= 0.6 is 0 Å². The molecule has 14 heavy (non-hydrogen) atoms. The van der Waals surface area contributed by atoms with Crippen LogP contribution in [0.15, 0.2) is 16.5 Å². The summed E-state index contributed by atoms with van der Waals surface area (Å²) < 4.78 is 64.7. The maximum absolute atomic E-state index is 12.6. The third-order valence-electron chi connectivity index (χ3n) is 1.44. The first kappa shape index (κ1) is 11.0. The summed E-state index contributed by atoms with van der Waals surface area (Å²) in [6.45, 7) is -1.60. The summed E-state index contributed by atoms with van der Waals surface area (Å²) in [7, 11) is 0. The van der Waals surface area contributed by atoms with Crippen LogP contribution in [-0.4, -0.2) is 11.7 Å². The van der Waals surface area contributed by atoms with Gasteiger partial charge in [0.1, 0.15) is 6.61 Å². The molecule has 0 bridgehead atoms. The maximum atomic E-state index is 12.6. The van der Waals surface area contributed by atoms with Crippen molar-refractivity contribution in [1.82, 2.24) is 0 Å². The van der Waals surface area contributed by atoms with E-state index in [2.05, 4.69) is 4.42 Å². The van der Waals surface area contributed by atoms with Gasteiger partial charge in [0.05, 0.1) is 0 Å². The number of halogens is 5. The lowest BCUT2D eigenvalue weighted by Gasteiger charge is -2.09. The Morgan fingerprint density at radius 1 is 1.07 bits per heavy atom. The second-order valence-electron chi connectivity index (χ2n) is 2.52. The second-order valence-corrected chi connectivity index (χ2v) is 2.52. The molecule has 0 aromatic carbocycles. The zero-order chi connectivity index (χ0) is 11.0. The largest absolute Gasteiger partial charge is 0.450 e. The molecule has 0 atom stereocenters. The van der Waals surface area contributed by atoms with Gasteiger partial charge in [-0.15, -0.1) is 0 Å². The van der Waals surface area contributed by atoms with E-state index in [9.17, 15) is 22.0 Å². The van der Waals surface area contributed by atoms with Gasteiger partial charge in [-0.1, -0.05) is 0 Å². The normalized spacial score (nSPS) is 13.3. The van der Waals surface area contributed by atoms with Crippen molar-refractivity contribution in [2.24, 2.45) is 0 Å². The average Bonchev–Trinajstić information content (AvgIpc) is 2.51. The molecule has 0 unspecified atom stereocenters. The zero-order valence-corrected chi connectivity index (χ0v) is 6.61. The van der Waals surface area contributed by atoms with E-state index in [0.717, 1.165) is 0 Å². The Morgan fingerprint density at radius 3 is 1.93 bits per heavy atom. The first-order chi connectivity index (χ1) is 6.27. The molecule has 7 heteroatoms. The maximum Gasteiger partial charge on any atom is 0.449 e. The van der Waals surface area contributed by atoms with Crippen molar-refractivity contribution in [2.45, 2.75) is 12.1 Å². The molecule has 0 amide bonds. The summed E-state index contributed by atoms with van der Waals surface area (Å²) in [5.41, 5.74) is 0. The highest BCUT2D eigenvalue weighted by Gasteiger charge is 2.40. The van der Waals surface area contributed by atoms with E-state index in [1.54, 1.807) is 0 Å². The molecule has 80 valence electrons. The fraction of sp³-hybridized carbons (Fsp3) is 0.429. The molecular weight excluding hydrogens is 211 g/mol. The summed E-state index contributed by atoms with van der Waals surface area (Å²) >= 11 is 0. The molecule has 0 radical (unpaired) electrons. The lowest BCUT2D eigenvalue weighted by molar-refractivity contribution is -0.156. The standard InChI is InChI=1S/C7H5F5O2/c8-6(9,3-13)4-1-2-5(14-4)7(10,11)12/h1-2,13H,3H2. The molecule has 0 saturated heterocycles. The monoisotopic (exact) mass is 216 g/mol. The molecule has 0 saturated carbocycles. The van der Waals surface area contributed by atoms with E-state index in [-0.39, 0.29) is 0 Å². The van der Waals surface area contributed by atoms with Crippen LogP contribution in [0.4, 0.5) is 22.0 Å². The minimum Gasteiger partial charge on any atom is -0.450 e. The number of hydrogen-bond donors (Lipinski definition) is 1. The molecule has 1 aromatic rings. The number of aliphatic hydroxyl groups excluding tert-OH is 1. The van der Waals surface area contributed by atoms with Crippen LogP contribution in [0.1, 0.15) is 11.5 Å². The van der Waals surface area contributed by atoms with Crippen molar-refractivity contribution in [2.75, 3.05) is 6.61 Å². The lowest BCUT2D eigenvalue weighted by atomic mass is 10.3. The third kappa shape index (κ3) is 2.03. The van der Waals surface area contributed by atoms with Gasteiger partial charge in [0.15, 0.2) is 5.76 Å². The molecule has 0 aliphatic rings. The predicted molar refractivity (Wildman–Crippen MR) is 34.7 cm³/mol. The van der Waals surface area contributed by atoms with E-state index in [1.165, 1.54) is 0 Å². The van der Waals surface area contributed by atoms with Crippen molar-refractivity contribution in [3.05, 3.63) is 23.7 Å². The Kier molecular flexibility index (Phi) is 2.53. The van der Waals surface area contributed by atoms with Gasteiger partial charge >= 0.3 is 12.1 Å². The predicted octanol–water partition coefficient (Wildman–Crippen LogP) is 2.38. The van der Waals surface area contributed by atoms with Crippen LogP contribution < -0.4 is 0 Å². The molecule has 0 aliphatic heterocycles. The molecule has 1 N–H and O–H groups in total. The van der Waals surface area contributed by atoms with Gasteiger partial charge in [-0.25, -0.2) is 0 Å². The number of aliphatic hydroxyl groups is 1. The van der Waals surface area contributed by atoms with Gasteiger partial charge in [-0.3, -0.25) is 0 Å². The van der Waals surface area contributed by atoms with Gasteiger partial charge in [-0.05, 0) is 12.1 Å². The summed E-state index contributed by atoms with van der Waals surface area (Å²) in [4.78, 5) is 0. The van der Waals surface area contributed by atoms with E-state index in [0.29, 0.717) is 12.1 Å². The van der Waals surface area contributed by atoms with E-state index in [4.69, 9.17) is 5.11 Å². The zero-order valence-electron chi connectivity index (χ0n) is 6.61. The highest BCUT2D eigenvalue weighted by atomic mass is 19.4. The summed E-state index contributed by atoms with van der Waals surface area (Å²) in [6.07, 6.45) is -4.80. The Bertz CT molecular complexity index is 314. The van der Waals surface area contributed by atoms with Gasteiger partial charge in [0.25, 0.3) is 0 Å². The summed E-state index contributed by atoms with van der Waals surface area (Å²) in [5, 5.41) is 8.17. The fourth-order valence-corrected chi connectivity index (χ4v) is 0.765. The van der Waals surface area contributed by atoms with Gasteiger partial charge in [0.2, 0.25) is 5.76 Å². The topological polar surface area (TPSA) is 33.4 Å². The Morgan fingerprint density at radius 2 is 1.57 bits per heavy atom. The molecule has 2 nitrogen and oxygen atoms in total.